The van der Waals surface area contributed by atoms with Crippen molar-refractivity contribution in [3.05, 3.63) is 59.1 Å². The minimum atomic E-state index is -0.0675. The Morgan fingerprint density at radius 3 is 2.79 bits per heavy atom. The number of nitrogens with zero attached hydrogens (tertiary/aromatic N) is 2. The van der Waals surface area contributed by atoms with E-state index in [2.05, 4.69) is 27.3 Å². The van der Waals surface area contributed by atoms with E-state index in [1.807, 2.05) is 30.3 Å². The molecule has 0 saturated carbocycles. The van der Waals surface area contributed by atoms with Crippen LogP contribution in [0.25, 0.3) is 10.2 Å². The highest BCUT2D eigenvalue weighted by molar-refractivity contribution is 7.16. The minimum Gasteiger partial charge on any atom is -0.497 e. The molecule has 146 valence electrons. The van der Waals surface area contributed by atoms with Gasteiger partial charge in [0.1, 0.15) is 5.75 Å². The van der Waals surface area contributed by atoms with Crippen LogP contribution in [0.15, 0.2) is 48.0 Å². The number of thiazole rings is 1. The van der Waals surface area contributed by atoms with Crippen LogP contribution in [0.1, 0.15) is 22.0 Å². The molecule has 1 atom stereocenters. The van der Waals surface area contributed by atoms with Gasteiger partial charge in [0.2, 0.25) is 0 Å². The molecule has 0 aliphatic carbocycles. The van der Waals surface area contributed by atoms with Crippen LogP contribution in [0.2, 0.25) is 0 Å². The third-order valence-electron chi connectivity index (χ3n) is 5.04. The summed E-state index contributed by atoms with van der Waals surface area (Å²) >= 11 is 1.54. The van der Waals surface area contributed by atoms with Crippen LogP contribution in [0.5, 0.6) is 5.75 Å². The van der Waals surface area contributed by atoms with Gasteiger partial charge in [0.15, 0.2) is 0 Å². The van der Waals surface area contributed by atoms with Crippen molar-refractivity contribution >= 4 is 27.5 Å². The molecule has 1 aromatic heterocycles. The summed E-state index contributed by atoms with van der Waals surface area (Å²) in [5.41, 5.74) is 4.53. The highest BCUT2D eigenvalue weighted by Crippen LogP contribution is 2.24. The van der Waals surface area contributed by atoms with Crippen molar-refractivity contribution in [1.29, 1.82) is 0 Å². The van der Waals surface area contributed by atoms with E-state index in [1.54, 1.807) is 24.0 Å². The summed E-state index contributed by atoms with van der Waals surface area (Å²) < 4.78 is 11.8. The molecule has 7 heteroatoms. The van der Waals surface area contributed by atoms with Crippen LogP contribution in [0, 0.1) is 0 Å². The molecule has 1 unspecified atom stereocenters. The predicted octanol–water partition coefficient (Wildman–Crippen LogP) is 3.11. The second kappa shape index (κ2) is 8.68. The molecule has 1 fully saturated rings. The molecule has 2 heterocycles. The van der Waals surface area contributed by atoms with Crippen molar-refractivity contribution in [3.8, 4) is 5.75 Å². The number of methoxy groups -OCH3 is 1. The molecule has 1 amide bonds. The summed E-state index contributed by atoms with van der Waals surface area (Å²) in [5, 5.41) is 3.11. The molecular weight excluding hydrogens is 374 g/mol. The number of morpholine rings is 1. The van der Waals surface area contributed by atoms with Gasteiger partial charge in [-0.1, -0.05) is 12.1 Å². The molecule has 0 bridgehead atoms. The van der Waals surface area contributed by atoms with Gasteiger partial charge in [0, 0.05) is 25.2 Å². The zero-order valence-corrected chi connectivity index (χ0v) is 16.6. The fourth-order valence-corrected chi connectivity index (χ4v) is 4.18. The summed E-state index contributed by atoms with van der Waals surface area (Å²) in [6, 6.07) is 13.8. The van der Waals surface area contributed by atoms with E-state index in [9.17, 15) is 4.79 Å². The quantitative estimate of drug-likeness (QED) is 0.692. The van der Waals surface area contributed by atoms with Crippen molar-refractivity contribution < 1.29 is 14.3 Å². The zero-order valence-electron chi connectivity index (χ0n) is 15.8. The Kier molecular flexibility index (Phi) is 5.85. The van der Waals surface area contributed by atoms with E-state index < -0.39 is 0 Å². The summed E-state index contributed by atoms with van der Waals surface area (Å²) in [5.74, 6) is 0.758. The molecule has 0 spiro atoms. The molecule has 0 radical (unpaired) electrons. The number of fused-ring (bicyclic) bond motifs is 1. The second-order valence-corrected chi connectivity index (χ2v) is 7.57. The smallest absolute Gasteiger partial charge is 0.251 e. The van der Waals surface area contributed by atoms with Crippen molar-refractivity contribution in [3.63, 3.8) is 0 Å². The number of benzene rings is 2. The Labute approximate surface area is 168 Å². The molecule has 1 aliphatic rings. The molecule has 1 aliphatic heterocycles. The van der Waals surface area contributed by atoms with Gasteiger partial charge in [0.25, 0.3) is 5.91 Å². The van der Waals surface area contributed by atoms with E-state index in [-0.39, 0.29) is 11.9 Å². The normalized spacial score (nSPS) is 16.0. The van der Waals surface area contributed by atoms with Gasteiger partial charge in [-0.25, -0.2) is 4.98 Å². The first-order valence-corrected chi connectivity index (χ1v) is 10.2. The van der Waals surface area contributed by atoms with Gasteiger partial charge in [-0.15, -0.1) is 11.3 Å². The first-order chi connectivity index (χ1) is 13.7. The van der Waals surface area contributed by atoms with Crippen molar-refractivity contribution in [2.45, 2.75) is 6.04 Å². The fraction of sp³-hybridized carbons (Fsp3) is 0.333. The van der Waals surface area contributed by atoms with Crippen LogP contribution in [-0.4, -0.2) is 55.7 Å². The number of aromatic nitrogens is 1. The van der Waals surface area contributed by atoms with E-state index in [4.69, 9.17) is 9.47 Å². The van der Waals surface area contributed by atoms with Crippen molar-refractivity contribution in [2.75, 3.05) is 40.0 Å². The number of carbonyl (C=O) groups excluding carboxylic acids is 1. The molecule has 3 aromatic rings. The third kappa shape index (κ3) is 4.16. The van der Waals surface area contributed by atoms with Gasteiger partial charge in [-0.2, -0.15) is 0 Å². The monoisotopic (exact) mass is 397 g/mol. The van der Waals surface area contributed by atoms with Crippen molar-refractivity contribution in [2.24, 2.45) is 0 Å². The topological polar surface area (TPSA) is 63.7 Å². The maximum atomic E-state index is 12.7. The summed E-state index contributed by atoms with van der Waals surface area (Å²) in [6.07, 6.45) is 0. The van der Waals surface area contributed by atoms with Crippen LogP contribution >= 0.6 is 11.3 Å². The Morgan fingerprint density at radius 2 is 2.04 bits per heavy atom. The lowest BCUT2D eigenvalue weighted by Gasteiger charge is -2.35. The maximum Gasteiger partial charge on any atom is 0.251 e. The number of ether oxygens (including phenoxy) is 2. The van der Waals surface area contributed by atoms with E-state index in [0.717, 1.165) is 34.6 Å². The standard InChI is InChI=1S/C21H23N3O3S/c1-26-17-5-2-15(3-6-17)19(24-8-10-27-11-9-24)13-22-21(25)16-4-7-18-20(12-16)28-14-23-18/h2-7,12,14,19H,8-11,13H2,1H3,(H,22,25). The predicted molar refractivity (Wildman–Crippen MR) is 110 cm³/mol. The first kappa shape index (κ1) is 18.9. The van der Waals surface area contributed by atoms with E-state index >= 15 is 0 Å². The number of rotatable bonds is 6. The average Bonchev–Trinajstić information content (AvgIpc) is 3.23. The highest BCUT2D eigenvalue weighted by Gasteiger charge is 2.23. The zero-order chi connectivity index (χ0) is 19.3. The minimum absolute atomic E-state index is 0.0675. The van der Waals surface area contributed by atoms with Gasteiger partial charge in [-0.3, -0.25) is 9.69 Å². The SMILES string of the molecule is COc1ccc(C(CNC(=O)c2ccc3ncsc3c2)N2CCOCC2)cc1. The number of amides is 1. The summed E-state index contributed by atoms with van der Waals surface area (Å²) in [6.45, 7) is 3.65. The maximum absolute atomic E-state index is 12.7. The molecular formula is C21H23N3O3S. The summed E-state index contributed by atoms with van der Waals surface area (Å²) in [4.78, 5) is 19.4. The van der Waals surface area contributed by atoms with Gasteiger partial charge in [-0.05, 0) is 35.9 Å². The highest BCUT2D eigenvalue weighted by atomic mass is 32.1. The Morgan fingerprint density at radius 1 is 1.25 bits per heavy atom. The molecule has 1 N–H and O–H groups in total. The molecule has 28 heavy (non-hydrogen) atoms. The van der Waals surface area contributed by atoms with Gasteiger partial charge in [0.05, 0.1) is 42.1 Å². The van der Waals surface area contributed by atoms with Crippen LogP contribution in [0.3, 0.4) is 0 Å². The molecule has 6 nitrogen and oxygen atoms in total. The number of hydrogen-bond donors (Lipinski definition) is 1. The van der Waals surface area contributed by atoms with Gasteiger partial charge < -0.3 is 14.8 Å². The molecule has 2 aromatic carbocycles. The Bertz CT molecular complexity index is 935. The molecule has 4 rings (SSSR count). The fourth-order valence-electron chi connectivity index (χ4n) is 3.46. The van der Waals surface area contributed by atoms with E-state index in [0.29, 0.717) is 25.3 Å². The summed E-state index contributed by atoms with van der Waals surface area (Å²) in [7, 11) is 1.66. The Balaban J connectivity index is 1.50. The lowest BCUT2D eigenvalue weighted by Crippen LogP contribution is -2.43. The number of hydrogen-bond acceptors (Lipinski definition) is 6. The average molecular weight is 398 g/mol. The lowest BCUT2D eigenvalue weighted by atomic mass is 10.0. The van der Waals surface area contributed by atoms with Crippen LogP contribution in [-0.2, 0) is 4.74 Å². The Hall–Kier alpha value is -2.48. The van der Waals surface area contributed by atoms with Crippen LogP contribution < -0.4 is 10.1 Å². The lowest BCUT2D eigenvalue weighted by molar-refractivity contribution is 0.0162. The van der Waals surface area contributed by atoms with Gasteiger partial charge >= 0.3 is 0 Å². The largest absolute Gasteiger partial charge is 0.497 e. The number of nitrogens with one attached hydrogen (secondary N) is 1. The van der Waals surface area contributed by atoms with Crippen LogP contribution in [0.4, 0.5) is 0 Å². The second-order valence-electron chi connectivity index (χ2n) is 6.68. The molecule has 1 saturated heterocycles. The third-order valence-corrected chi connectivity index (χ3v) is 5.83. The van der Waals surface area contributed by atoms with E-state index in [1.165, 1.54) is 0 Å². The van der Waals surface area contributed by atoms with Crippen molar-refractivity contribution in [1.82, 2.24) is 15.2 Å². The first-order valence-electron chi connectivity index (χ1n) is 9.32. The number of carbonyl (C=O) groups is 1.